The fourth-order valence-corrected chi connectivity index (χ4v) is 3.31. The smallest absolute Gasteiger partial charge is 0.140 e. The summed E-state index contributed by atoms with van der Waals surface area (Å²) in [5.74, 6) is 0. The number of nitrogens with zero attached hydrogens (tertiary/aromatic N) is 3. The summed E-state index contributed by atoms with van der Waals surface area (Å²) in [5.41, 5.74) is 1.50. The molecule has 0 aliphatic rings. The van der Waals surface area contributed by atoms with Crippen molar-refractivity contribution in [2.75, 3.05) is 0 Å². The quantitative estimate of drug-likeness (QED) is 0.805. The van der Waals surface area contributed by atoms with Gasteiger partial charge in [-0.15, -0.1) is 16.4 Å². The number of aliphatic hydroxyl groups is 1. The van der Waals surface area contributed by atoms with Gasteiger partial charge in [-0.05, 0) is 43.0 Å². The van der Waals surface area contributed by atoms with Gasteiger partial charge in [0.25, 0.3) is 0 Å². The lowest BCUT2D eigenvalue weighted by atomic mass is 9.98. The first kappa shape index (κ1) is 13.0. The molecule has 0 radical (unpaired) electrons. The van der Waals surface area contributed by atoms with Crippen LogP contribution in [0, 0.1) is 6.92 Å². The minimum absolute atomic E-state index is 0.661. The molecule has 0 aliphatic carbocycles. The second kappa shape index (κ2) is 4.85. The number of aromatic nitrogens is 3. The summed E-state index contributed by atoms with van der Waals surface area (Å²) in [4.78, 5) is 0.914. The molecule has 0 aliphatic heterocycles. The van der Waals surface area contributed by atoms with E-state index < -0.39 is 5.60 Å². The molecular formula is C15H15N3OS. The Labute approximate surface area is 121 Å². The van der Waals surface area contributed by atoms with Crippen molar-refractivity contribution in [2.24, 2.45) is 0 Å². The molecule has 0 fully saturated rings. The summed E-state index contributed by atoms with van der Waals surface area (Å²) in [7, 11) is 0. The third-order valence-electron chi connectivity index (χ3n) is 3.35. The number of hydrogen-bond acceptors (Lipinski definition) is 4. The Morgan fingerprint density at radius 1 is 1.20 bits per heavy atom. The van der Waals surface area contributed by atoms with Gasteiger partial charge < -0.3 is 5.11 Å². The van der Waals surface area contributed by atoms with E-state index in [0.717, 1.165) is 16.1 Å². The van der Waals surface area contributed by atoms with Gasteiger partial charge in [-0.2, -0.15) is 0 Å². The van der Waals surface area contributed by atoms with Crippen LogP contribution in [0.3, 0.4) is 0 Å². The highest BCUT2D eigenvalue weighted by atomic mass is 32.1. The zero-order valence-electron chi connectivity index (χ0n) is 11.3. The fraction of sp³-hybridized carbons (Fsp3) is 0.200. The molecule has 4 nitrogen and oxygen atoms in total. The van der Waals surface area contributed by atoms with Gasteiger partial charge in [-0.1, -0.05) is 23.4 Å². The number of aryl methyl sites for hydroxylation is 1. The van der Waals surface area contributed by atoms with Gasteiger partial charge in [0.05, 0.1) is 11.9 Å². The largest absolute Gasteiger partial charge is 0.378 e. The Balaban J connectivity index is 2.13. The molecule has 0 spiro atoms. The summed E-state index contributed by atoms with van der Waals surface area (Å²) in [5, 5.41) is 21.0. The maximum absolute atomic E-state index is 11.0. The predicted molar refractivity (Wildman–Crippen MR) is 79.1 cm³/mol. The van der Waals surface area contributed by atoms with Gasteiger partial charge in [0.2, 0.25) is 0 Å². The number of hydrogen-bond donors (Lipinski definition) is 1. The maximum Gasteiger partial charge on any atom is 0.140 e. The van der Waals surface area contributed by atoms with Crippen LogP contribution in [0.4, 0.5) is 0 Å². The van der Waals surface area contributed by atoms with E-state index in [4.69, 9.17) is 0 Å². The van der Waals surface area contributed by atoms with Gasteiger partial charge in [-0.3, -0.25) is 0 Å². The van der Waals surface area contributed by atoms with Gasteiger partial charge in [0.1, 0.15) is 11.3 Å². The number of para-hydroxylation sites is 1. The van der Waals surface area contributed by atoms with Crippen molar-refractivity contribution < 1.29 is 5.11 Å². The highest BCUT2D eigenvalue weighted by Crippen LogP contribution is 2.35. The summed E-state index contributed by atoms with van der Waals surface area (Å²) in [6, 6.07) is 11.7. The van der Waals surface area contributed by atoms with Crippen LogP contribution >= 0.6 is 11.3 Å². The Kier molecular flexibility index (Phi) is 3.16. The van der Waals surface area contributed by atoms with Crippen LogP contribution in [0.25, 0.3) is 5.69 Å². The third kappa shape index (κ3) is 2.05. The molecule has 0 saturated heterocycles. The summed E-state index contributed by atoms with van der Waals surface area (Å²) < 4.78 is 1.68. The Hall–Kier alpha value is -1.98. The summed E-state index contributed by atoms with van der Waals surface area (Å²) in [6.07, 6.45) is 1.62. The van der Waals surface area contributed by atoms with Crippen molar-refractivity contribution in [3.63, 3.8) is 0 Å². The normalized spacial score (nSPS) is 14.2. The molecule has 1 atom stereocenters. The van der Waals surface area contributed by atoms with Gasteiger partial charge in [-0.25, -0.2) is 4.68 Å². The van der Waals surface area contributed by atoms with Gasteiger partial charge in [0.15, 0.2) is 0 Å². The topological polar surface area (TPSA) is 50.9 Å². The average Bonchev–Trinajstić information content (AvgIpc) is 3.08. The molecule has 3 rings (SSSR count). The minimum Gasteiger partial charge on any atom is -0.378 e. The van der Waals surface area contributed by atoms with Crippen LogP contribution in [-0.2, 0) is 5.60 Å². The molecule has 20 heavy (non-hydrogen) atoms. The molecule has 1 aromatic carbocycles. The highest BCUT2D eigenvalue weighted by Gasteiger charge is 2.33. The van der Waals surface area contributed by atoms with E-state index in [0.29, 0.717) is 5.69 Å². The summed E-state index contributed by atoms with van der Waals surface area (Å²) >= 11 is 1.54. The van der Waals surface area contributed by atoms with E-state index >= 15 is 0 Å². The SMILES string of the molecule is Cc1ccsc1C(C)(O)c1cnnn1-c1ccccc1. The van der Waals surface area contributed by atoms with Crippen LogP contribution in [0.15, 0.2) is 48.0 Å². The van der Waals surface area contributed by atoms with Crippen molar-refractivity contribution in [3.8, 4) is 5.69 Å². The summed E-state index contributed by atoms with van der Waals surface area (Å²) in [6.45, 7) is 3.78. The molecule has 3 aromatic rings. The molecule has 0 bridgehead atoms. The molecule has 0 saturated carbocycles. The van der Waals surface area contributed by atoms with Gasteiger partial charge >= 0.3 is 0 Å². The second-order valence-corrected chi connectivity index (χ2v) is 5.79. The first-order chi connectivity index (χ1) is 9.60. The van der Waals surface area contributed by atoms with E-state index in [1.54, 1.807) is 17.8 Å². The van der Waals surface area contributed by atoms with Crippen LogP contribution in [0.2, 0.25) is 0 Å². The second-order valence-electron chi connectivity index (χ2n) is 4.87. The van der Waals surface area contributed by atoms with Crippen LogP contribution in [0.1, 0.15) is 23.1 Å². The van der Waals surface area contributed by atoms with Crippen molar-refractivity contribution in [1.29, 1.82) is 0 Å². The van der Waals surface area contributed by atoms with Crippen molar-refractivity contribution in [1.82, 2.24) is 15.0 Å². The van der Waals surface area contributed by atoms with Crippen LogP contribution in [-0.4, -0.2) is 20.1 Å². The Bertz CT molecular complexity index is 716. The number of benzene rings is 1. The van der Waals surface area contributed by atoms with E-state index in [9.17, 15) is 5.11 Å². The van der Waals surface area contributed by atoms with Crippen molar-refractivity contribution >= 4 is 11.3 Å². The number of rotatable bonds is 3. The van der Waals surface area contributed by atoms with Crippen molar-refractivity contribution in [2.45, 2.75) is 19.4 Å². The van der Waals surface area contributed by atoms with E-state index in [2.05, 4.69) is 10.3 Å². The molecule has 1 N–H and O–H groups in total. The zero-order chi connectivity index (χ0) is 14.2. The van der Waals surface area contributed by atoms with E-state index in [-0.39, 0.29) is 0 Å². The fourth-order valence-electron chi connectivity index (χ4n) is 2.31. The first-order valence-corrected chi connectivity index (χ1v) is 7.22. The van der Waals surface area contributed by atoms with E-state index in [1.165, 1.54) is 11.3 Å². The predicted octanol–water partition coefficient (Wildman–Crippen LogP) is 2.89. The Morgan fingerprint density at radius 2 is 1.95 bits per heavy atom. The highest BCUT2D eigenvalue weighted by molar-refractivity contribution is 7.10. The molecule has 2 aromatic heterocycles. The average molecular weight is 285 g/mol. The molecule has 2 heterocycles. The minimum atomic E-state index is -1.11. The molecule has 102 valence electrons. The Morgan fingerprint density at radius 3 is 2.60 bits per heavy atom. The molecular weight excluding hydrogens is 270 g/mol. The lowest BCUT2D eigenvalue weighted by molar-refractivity contribution is 0.0979. The molecule has 0 amide bonds. The molecule has 1 unspecified atom stereocenters. The molecule has 5 heteroatoms. The van der Waals surface area contributed by atoms with Crippen LogP contribution < -0.4 is 0 Å². The van der Waals surface area contributed by atoms with Crippen LogP contribution in [0.5, 0.6) is 0 Å². The monoisotopic (exact) mass is 285 g/mol. The van der Waals surface area contributed by atoms with E-state index in [1.807, 2.05) is 48.7 Å². The first-order valence-electron chi connectivity index (χ1n) is 6.34. The maximum atomic E-state index is 11.0. The number of thiophene rings is 1. The lowest BCUT2D eigenvalue weighted by Crippen LogP contribution is -2.26. The third-order valence-corrected chi connectivity index (χ3v) is 4.58. The lowest BCUT2D eigenvalue weighted by Gasteiger charge is -2.23. The standard InChI is InChI=1S/C15H15N3OS/c1-11-8-9-20-14(11)15(2,19)13-10-16-17-18(13)12-6-4-3-5-7-12/h3-10,19H,1-2H3. The van der Waals surface area contributed by atoms with Crippen molar-refractivity contribution in [3.05, 3.63) is 64.1 Å². The van der Waals surface area contributed by atoms with Gasteiger partial charge in [0, 0.05) is 4.88 Å². The zero-order valence-corrected chi connectivity index (χ0v) is 12.1.